The van der Waals surface area contributed by atoms with Gasteiger partial charge in [0.15, 0.2) is 6.61 Å². The van der Waals surface area contributed by atoms with Gasteiger partial charge >= 0.3 is 0 Å². The molecule has 0 unspecified atom stereocenters. The van der Waals surface area contributed by atoms with E-state index in [2.05, 4.69) is 21.2 Å². The number of carbonyl (C=O) groups excluding carboxylic acids is 2. The molecule has 1 aliphatic rings. The molecule has 6 heteroatoms. The lowest BCUT2D eigenvalue weighted by atomic mass is 10.0. The molecule has 0 spiro atoms. The van der Waals surface area contributed by atoms with Gasteiger partial charge in [-0.05, 0) is 48.2 Å². The van der Waals surface area contributed by atoms with Crippen molar-refractivity contribution >= 4 is 27.7 Å². The molecule has 0 saturated heterocycles. The van der Waals surface area contributed by atoms with Crippen molar-refractivity contribution in [2.75, 3.05) is 6.61 Å². The van der Waals surface area contributed by atoms with E-state index in [9.17, 15) is 9.59 Å². The smallest absolute Gasteiger partial charge is 0.261 e. The van der Waals surface area contributed by atoms with Gasteiger partial charge in [0.1, 0.15) is 11.8 Å². The van der Waals surface area contributed by atoms with Crippen molar-refractivity contribution in [1.29, 1.82) is 0 Å². The molecule has 182 valence electrons. The van der Waals surface area contributed by atoms with Gasteiger partial charge in [-0.15, -0.1) is 0 Å². The standard InChI is InChI=1S/C29H31BrN2O3/c30-24-17-15-23(16-18-24)20-32(28(33)21-35-26-13-5-2-6-14-26)27(19-22-9-3-1-4-10-22)29(34)31-25-11-7-8-12-25/h1-6,9-10,13-18,25,27H,7-8,11-12,19-21H2,(H,31,34)/t27-/m0/s1. The first kappa shape index (κ1) is 25.0. The molecule has 2 amide bonds. The van der Waals surface area contributed by atoms with E-state index in [0.717, 1.165) is 41.3 Å². The minimum atomic E-state index is -0.645. The van der Waals surface area contributed by atoms with Crippen LogP contribution in [0.2, 0.25) is 0 Å². The fraction of sp³-hybridized carbons (Fsp3) is 0.310. The second kappa shape index (κ2) is 12.5. The SMILES string of the molecule is O=C(NC1CCCC1)[C@H](Cc1ccccc1)N(Cc1ccc(Br)cc1)C(=O)COc1ccccc1. The Hall–Kier alpha value is -3.12. The zero-order chi connectivity index (χ0) is 24.5. The summed E-state index contributed by atoms with van der Waals surface area (Å²) in [4.78, 5) is 28.9. The molecule has 0 heterocycles. The zero-order valence-electron chi connectivity index (χ0n) is 19.7. The lowest BCUT2D eigenvalue weighted by Gasteiger charge is -2.32. The van der Waals surface area contributed by atoms with Gasteiger partial charge < -0.3 is 15.0 Å². The van der Waals surface area contributed by atoms with Gasteiger partial charge in [-0.1, -0.05) is 89.4 Å². The first-order valence-corrected chi connectivity index (χ1v) is 12.9. The van der Waals surface area contributed by atoms with Crippen molar-refractivity contribution in [2.45, 2.75) is 50.7 Å². The predicted molar refractivity (Wildman–Crippen MR) is 141 cm³/mol. The maximum atomic E-state index is 13.6. The van der Waals surface area contributed by atoms with Crippen LogP contribution in [0.25, 0.3) is 0 Å². The Balaban J connectivity index is 1.60. The molecule has 1 saturated carbocycles. The van der Waals surface area contributed by atoms with Crippen molar-refractivity contribution in [1.82, 2.24) is 10.2 Å². The summed E-state index contributed by atoms with van der Waals surface area (Å²) >= 11 is 3.47. The molecule has 1 fully saturated rings. The summed E-state index contributed by atoms with van der Waals surface area (Å²) in [5.74, 6) is 0.296. The number of hydrogen-bond donors (Lipinski definition) is 1. The minimum Gasteiger partial charge on any atom is -0.484 e. The molecule has 0 radical (unpaired) electrons. The topological polar surface area (TPSA) is 58.6 Å². The van der Waals surface area contributed by atoms with Crippen LogP contribution in [-0.2, 0) is 22.6 Å². The molecule has 1 aliphatic carbocycles. The minimum absolute atomic E-state index is 0.106. The van der Waals surface area contributed by atoms with Crippen LogP contribution in [-0.4, -0.2) is 35.4 Å². The lowest BCUT2D eigenvalue weighted by Crippen LogP contribution is -2.53. The number of nitrogens with zero attached hydrogens (tertiary/aromatic N) is 1. The average molecular weight is 535 g/mol. The second-order valence-electron chi connectivity index (χ2n) is 8.95. The first-order chi connectivity index (χ1) is 17.1. The Morgan fingerprint density at radius 1 is 0.886 bits per heavy atom. The summed E-state index contributed by atoms with van der Waals surface area (Å²) in [5.41, 5.74) is 1.96. The Morgan fingerprint density at radius 3 is 2.17 bits per heavy atom. The Morgan fingerprint density at radius 2 is 1.51 bits per heavy atom. The maximum absolute atomic E-state index is 13.6. The molecular formula is C29H31BrN2O3. The molecule has 35 heavy (non-hydrogen) atoms. The summed E-state index contributed by atoms with van der Waals surface area (Å²) in [6, 6.07) is 26.5. The van der Waals surface area contributed by atoms with Crippen molar-refractivity contribution in [3.63, 3.8) is 0 Å². The number of rotatable bonds is 10. The van der Waals surface area contributed by atoms with E-state index in [1.807, 2.05) is 84.9 Å². The summed E-state index contributed by atoms with van der Waals surface area (Å²) in [5, 5.41) is 3.22. The summed E-state index contributed by atoms with van der Waals surface area (Å²) in [7, 11) is 0. The van der Waals surface area contributed by atoms with Crippen LogP contribution in [0.4, 0.5) is 0 Å². The predicted octanol–water partition coefficient (Wildman–Crippen LogP) is 5.53. The monoisotopic (exact) mass is 534 g/mol. The van der Waals surface area contributed by atoms with Crippen molar-refractivity contribution in [3.05, 3.63) is 101 Å². The molecule has 3 aromatic carbocycles. The van der Waals surface area contributed by atoms with E-state index >= 15 is 0 Å². The average Bonchev–Trinajstić information content (AvgIpc) is 3.40. The molecule has 3 aromatic rings. The van der Waals surface area contributed by atoms with Crippen molar-refractivity contribution in [3.8, 4) is 5.75 Å². The highest BCUT2D eigenvalue weighted by Crippen LogP contribution is 2.21. The number of nitrogens with one attached hydrogen (secondary N) is 1. The van der Waals surface area contributed by atoms with Gasteiger partial charge in [0.05, 0.1) is 0 Å². The van der Waals surface area contributed by atoms with E-state index in [4.69, 9.17) is 4.74 Å². The lowest BCUT2D eigenvalue weighted by molar-refractivity contribution is -0.143. The van der Waals surface area contributed by atoms with Gasteiger partial charge in [0.25, 0.3) is 5.91 Å². The van der Waals surface area contributed by atoms with Crippen LogP contribution in [0.1, 0.15) is 36.8 Å². The molecular weight excluding hydrogens is 504 g/mol. The number of halogens is 1. The molecule has 0 aliphatic heterocycles. The molecule has 0 aromatic heterocycles. The van der Waals surface area contributed by atoms with Crippen LogP contribution in [0, 0.1) is 0 Å². The summed E-state index contributed by atoms with van der Waals surface area (Å²) in [6.07, 6.45) is 4.66. The van der Waals surface area contributed by atoms with E-state index in [1.165, 1.54) is 0 Å². The van der Waals surface area contributed by atoms with E-state index in [-0.39, 0.29) is 24.5 Å². The second-order valence-corrected chi connectivity index (χ2v) is 9.86. The molecule has 0 bridgehead atoms. The van der Waals surface area contributed by atoms with Crippen LogP contribution < -0.4 is 10.1 Å². The number of amides is 2. The molecule has 1 N–H and O–H groups in total. The van der Waals surface area contributed by atoms with E-state index < -0.39 is 6.04 Å². The summed E-state index contributed by atoms with van der Waals surface area (Å²) < 4.78 is 6.75. The number of para-hydroxylation sites is 1. The van der Waals surface area contributed by atoms with Gasteiger partial charge in [-0.2, -0.15) is 0 Å². The van der Waals surface area contributed by atoms with Crippen molar-refractivity contribution < 1.29 is 14.3 Å². The number of carbonyl (C=O) groups is 2. The summed E-state index contributed by atoms with van der Waals surface area (Å²) in [6.45, 7) is 0.183. The fourth-order valence-electron chi connectivity index (χ4n) is 4.45. The fourth-order valence-corrected chi connectivity index (χ4v) is 4.72. The molecule has 1 atom stereocenters. The number of hydrogen-bond acceptors (Lipinski definition) is 3. The third-order valence-corrected chi connectivity index (χ3v) is 6.87. The Labute approximate surface area is 215 Å². The van der Waals surface area contributed by atoms with Gasteiger partial charge in [-0.3, -0.25) is 9.59 Å². The van der Waals surface area contributed by atoms with Crippen LogP contribution in [0.3, 0.4) is 0 Å². The normalized spacial score (nSPS) is 14.3. The largest absolute Gasteiger partial charge is 0.484 e. The molecule has 4 rings (SSSR count). The highest BCUT2D eigenvalue weighted by molar-refractivity contribution is 9.10. The Bertz CT molecular complexity index is 1080. The highest BCUT2D eigenvalue weighted by atomic mass is 79.9. The third kappa shape index (κ3) is 7.43. The van der Waals surface area contributed by atoms with Crippen LogP contribution in [0.15, 0.2) is 89.4 Å². The highest BCUT2D eigenvalue weighted by Gasteiger charge is 2.32. The van der Waals surface area contributed by atoms with E-state index in [0.29, 0.717) is 18.7 Å². The van der Waals surface area contributed by atoms with Crippen LogP contribution >= 0.6 is 15.9 Å². The quantitative estimate of drug-likeness (QED) is 0.372. The van der Waals surface area contributed by atoms with Gasteiger partial charge in [0.2, 0.25) is 5.91 Å². The molecule has 5 nitrogen and oxygen atoms in total. The number of ether oxygens (including phenoxy) is 1. The Kier molecular flexibility index (Phi) is 8.96. The van der Waals surface area contributed by atoms with E-state index in [1.54, 1.807) is 4.90 Å². The van der Waals surface area contributed by atoms with Gasteiger partial charge in [-0.25, -0.2) is 0 Å². The zero-order valence-corrected chi connectivity index (χ0v) is 21.3. The van der Waals surface area contributed by atoms with Gasteiger partial charge in [0, 0.05) is 23.5 Å². The van der Waals surface area contributed by atoms with Crippen LogP contribution in [0.5, 0.6) is 5.75 Å². The number of benzene rings is 3. The van der Waals surface area contributed by atoms with Crippen molar-refractivity contribution in [2.24, 2.45) is 0 Å². The third-order valence-electron chi connectivity index (χ3n) is 6.34. The first-order valence-electron chi connectivity index (χ1n) is 12.1. The maximum Gasteiger partial charge on any atom is 0.261 e.